The molecule has 5 rings (SSSR count). The van der Waals surface area contributed by atoms with Crippen molar-refractivity contribution in [3.05, 3.63) is 77.7 Å². The maximum Gasteiger partial charge on any atom is 0.490 e. The highest BCUT2D eigenvalue weighted by molar-refractivity contribution is 6.31. The van der Waals surface area contributed by atoms with Crippen LogP contribution in [0.4, 0.5) is 42.2 Å². The van der Waals surface area contributed by atoms with Gasteiger partial charge in [0.2, 0.25) is 0 Å². The second kappa shape index (κ2) is 12.7. The van der Waals surface area contributed by atoms with Crippen LogP contribution in [-0.2, 0) is 9.59 Å². The van der Waals surface area contributed by atoms with Gasteiger partial charge in [-0.3, -0.25) is 5.10 Å². The number of aromatic amines is 1. The fourth-order valence-electron chi connectivity index (χ4n) is 3.11. The summed E-state index contributed by atoms with van der Waals surface area (Å²) in [6, 6.07) is 17.5. The molecule has 42 heavy (non-hydrogen) atoms. The van der Waals surface area contributed by atoms with Crippen LogP contribution in [0, 0.1) is 5.82 Å². The Balaban J connectivity index is 0.000000289. The molecule has 5 aromatic rings. The first-order valence-corrected chi connectivity index (χ1v) is 11.5. The number of H-pyrrole nitrogens is 1. The lowest BCUT2D eigenvalue weighted by molar-refractivity contribution is -0.193. The maximum absolute atomic E-state index is 13.7. The highest BCUT2D eigenvalue weighted by Crippen LogP contribution is 2.30. The minimum Gasteiger partial charge on any atom is -0.475 e. The standard InChI is InChI=1S/C21H13ClFN5.2C2HF3O2/c22-14-4-6-17-19(10-14)26-20(12-2-1-3-15(23)8-12)27-21(17)25-16-5-7-18-13(9-16)11-24-28-18;2*3-2(4,5)1(6)7/h1-11H,(H,24,28)(H,25,26,27);2*(H,6,7). The molecule has 220 valence electrons. The quantitative estimate of drug-likeness (QED) is 0.159. The SMILES string of the molecule is Fc1cccc(-c2nc(Nc3ccc4[nH]ncc4c3)c3ccc(Cl)cc3n2)c1.O=C(O)C(F)(F)F.O=C(O)C(F)(F)F. The predicted molar refractivity (Wildman–Crippen MR) is 137 cm³/mol. The van der Waals surface area contributed by atoms with Gasteiger partial charge in [0.25, 0.3) is 0 Å². The van der Waals surface area contributed by atoms with Gasteiger partial charge >= 0.3 is 24.3 Å². The summed E-state index contributed by atoms with van der Waals surface area (Å²) in [5.41, 5.74) is 3.07. The van der Waals surface area contributed by atoms with Crippen molar-refractivity contribution in [1.29, 1.82) is 0 Å². The van der Waals surface area contributed by atoms with Crippen LogP contribution in [0.5, 0.6) is 0 Å². The van der Waals surface area contributed by atoms with Gasteiger partial charge in [-0.1, -0.05) is 23.7 Å². The molecule has 0 saturated carbocycles. The molecular formula is C25H15ClF7N5O4. The van der Waals surface area contributed by atoms with Gasteiger partial charge in [-0.05, 0) is 48.5 Å². The first kappa shape index (κ1) is 31.5. The van der Waals surface area contributed by atoms with Crippen LogP contribution in [0.25, 0.3) is 33.2 Å². The summed E-state index contributed by atoms with van der Waals surface area (Å²) in [6.45, 7) is 0. The number of aromatic nitrogens is 4. The van der Waals surface area contributed by atoms with E-state index >= 15 is 0 Å². The average molecular weight is 618 g/mol. The third-order valence-corrected chi connectivity index (χ3v) is 5.16. The van der Waals surface area contributed by atoms with Gasteiger partial charge in [-0.15, -0.1) is 0 Å². The van der Waals surface area contributed by atoms with E-state index in [1.54, 1.807) is 30.5 Å². The van der Waals surface area contributed by atoms with Crippen molar-refractivity contribution < 1.29 is 50.5 Å². The van der Waals surface area contributed by atoms with Crippen LogP contribution >= 0.6 is 11.6 Å². The molecule has 0 bridgehead atoms. The topological polar surface area (TPSA) is 141 Å². The first-order valence-electron chi connectivity index (χ1n) is 11.1. The number of hydrogen-bond acceptors (Lipinski definition) is 6. The molecule has 0 amide bonds. The second-order valence-corrected chi connectivity index (χ2v) is 8.41. The van der Waals surface area contributed by atoms with Crippen LogP contribution in [0.15, 0.2) is 66.9 Å². The fourth-order valence-corrected chi connectivity index (χ4v) is 3.28. The van der Waals surface area contributed by atoms with Gasteiger partial charge in [0.05, 0.1) is 17.2 Å². The highest BCUT2D eigenvalue weighted by Gasteiger charge is 2.38. The van der Waals surface area contributed by atoms with Crippen LogP contribution in [0.3, 0.4) is 0 Å². The molecule has 0 radical (unpaired) electrons. The Morgan fingerprint density at radius 1 is 0.857 bits per heavy atom. The number of anilines is 2. The highest BCUT2D eigenvalue weighted by atomic mass is 35.5. The smallest absolute Gasteiger partial charge is 0.475 e. The average Bonchev–Trinajstić information content (AvgIpc) is 3.36. The molecule has 9 nitrogen and oxygen atoms in total. The van der Waals surface area contributed by atoms with Gasteiger partial charge in [-0.2, -0.15) is 31.4 Å². The molecule has 0 aliphatic carbocycles. The van der Waals surface area contributed by atoms with E-state index in [0.29, 0.717) is 27.7 Å². The Morgan fingerprint density at radius 3 is 2.10 bits per heavy atom. The van der Waals surface area contributed by atoms with Crippen molar-refractivity contribution in [2.75, 3.05) is 5.32 Å². The molecule has 0 aliphatic rings. The van der Waals surface area contributed by atoms with E-state index in [2.05, 4.69) is 25.5 Å². The molecule has 3 aromatic carbocycles. The van der Waals surface area contributed by atoms with Crippen molar-refractivity contribution >= 4 is 56.9 Å². The molecule has 0 fully saturated rings. The Bertz CT molecular complexity index is 1720. The van der Waals surface area contributed by atoms with E-state index in [0.717, 1.165) is 22.0 Å². The summed E-state index contributed by atoms with van der Waals surface area (Å²) in [5.74, 6) is -4.82. The largest absolute Gasteiger partial charge is 0.490 e. The lowest BCUT2D eigenvalue weighted by atomic mass is 10.1. The van der Waals surface area contributed by atoms with Crippen molar-refractivity contribution in [1.82, 2.24) is 20.2 Å². The van der Waals surface area contributed by atoms with E-state index in [1.165, 1.54) is 12.1 Å². The molecule has 0 saturated heterocycles. The minimum atomic E-state index is -5.08. The summed E-state index contributed by atoms with van der Waals surface area (Å²) in [7, 11) is 0. The van der Waals surface area contributed by atoms with E-state index in [9.17, 15) is 30.7 Å². The fraction of sp³-hybridized carbons (Fsp3) is 0.0800. The zero-order valence-electron chi connectivity index (χ0n) is 20.4. The monoisotopic (exact) mass is 617 g/mol. The van der Waals surface area contributed by atoms with Gasteiger partial charge in [0.1, 0.15) is 11.6 Å². The number of nitrogens with one attached hydrogen (secondary N) is 2. The van der Waals surface area contributed by atoms with Gasteiger partial charge in [0.15, 0.2) is 5.82 Å². The second-order valence-electron chi connectivity index (χ2n) is 7.97. The van der Waals surface area contributed by atoms with Crippen LogP contribution in [0.2, 0.25) is 5.02 Å². The molecule has 0 aliphatic heterocycles. The summed E-state index contributed by atoms with van der Waals surface area (Å²) in [4.78, 5) is 27.0. The van der Waals surface area contributed by atoms with Crippen molar-refractivity contribution in [2.24, 2.45) is 0 Å². The van der Waals surface area contributed by atoms with Crippen LogP contribution in [0.1, 0.15) is 0 Å². The number of halogens is 8. The summed E-state index contributed by atoms with van der Waals surface area (Å²) >= 11 is 6.16. The van der Waals surface area contributed by atoms with Gasteiger partial charge in [0, 0.05) is 27.0 Å². The lowest BCUT2D eigenvalue weighted by Crippen LogP contribution is -2.21. The zero-order chi connectivity index (χ0) is 31.2. The third-order valence-electron chi connectivity index (χ3n) is 4.93. The Kier molecular flexibility index (Phi) is 9.52. The number of carboxylic acids is 2. The van der Waals surface area contributed by atoms with E-state index < -0.39 is 24.3 Å². The number of rotatable bonds is 3. The van der Waals surface area contributed by atoms with Crippen LogP contribution in [-0.4, -0.2) is 54.7 Å². The number of nitrogens with zero attached hydrogens (tertiary/aromatic N) is 3. The van der Waals surface area contributed by atoms with E-state index in [4.69, 9.17) is 31.4 Å². The Labute approximate surface area is 234 Å². The normalized spacial score (nSPS) is 11.2. The summed E-state index contributed by atoms with van der Waals surface area (Å²) in [6.07, 6.45) is -8.41. The Hall–Kier alpha value is -4.99. The zero-order valence-corrected chi connectivity index (χ0v) is 21.2. The number of carboxylic acid groups (broad SMARTS) is 2. The minimum absolute atomic E-state index is 0.341. The van der Waals surface area contributed by atoms with Crippen molar-refractivity contribution in [2.45, 2.75) is 12.4 Å². The first-order chi connectivity index (χ1) is 19.5. The van der Waals surface area contributed by atoms with Crippen molar-refractivity contribution in [3.63, 3.8) is 0 Å². The number of aliphatic carboxylic acids is 2. The molecule has 2 aromatic heterocycles. The van der Waals surface area contributed by atoms with Gasteiger partial charge < -0.3 is 15.5 Å². The van der Waals surface area contributed by atoms with Crippen LogP contribution < -0.4 is 5.32 Å². The number of benzene rings is 3. The Morgan fingerprint density at radius 2 is 1.50 bits per heavy atom. The number of carbonyl (C=O) groups is 2. The molecule has 2 heterocycles. The summed E-state index contributed by atoms with van der Waals surface area (Å²) < 4.78 is 77.2. The molecule has 0 atom stereocenters. The molecule has 0 spiro atoms. The van der Waals surface area contributed by atoms with Gasteiger partial charge in [-0.25, -0.2) is 23.9 Å². The molecule has 4 N–H and O–H groups in total. The molecular weight excluding hydrogens is 603 g/mol. The molecule has 0 unspecified atom stereocenters. The number of fused-ring (bicyclic) bond motifs is 2. The lowest BCUT2D eigenvalue weighted by Gasteiger charge is -2.11. The summed E-state index contributed by atoms with van der Waals surface area (Å²) in [5, 5.41) is 26.9. The maximum atomic E-state index is 13.7. The van der Waals surface area contributed by atoms with Crippen molar-refractivity contribution in [3.8, 4) is 11.4 Å². The van der Waals surface area contributed by atoms with E-state index in [1.807, 2.05) is 24.3 Å². The molecule has 17 heteroatoms. The predicted octanol–water partition coefficient (Wildman–Crippen LogP) is 6.98. The number of alkyl halides is 6. The number of hydrogen-bond donors (Lipinski definition) is 4. The van der Waals surface area contributed by atoms with E-state index in [-0.39, 0.29) is 5.82 Å². The third kappa shape index (κ3) is 8.50.